The summed E-state index contributed by atoms with van der Waals surface area (Å²) < 4.78 is 4.74. The van der Waals surface area contributed by atoms with E-state index >= 15 is 0 Å². The molecule has 1 aliphatic heterocycles. The van der Waals surface area contributed by atoms with Crippen molar-refractivity contribution in [1.29, 1.82) is 5.26 Å². The van der Waals surface area contributed by atoms with Crippen molar-refractivity contribution in [3.05, 3.63) is 16.7 Å². The number of methoxy groups -OCH3 is 1. The highest BCUT2D eigenvalue weighted by Crippen LogP contribution is 2.34. The van der Waals surface area contributed by atoms with E-state index in [1.54, 1.807) is 0 Å². The van der Waals surface area contributed by atoms with Gasteiger partial charge in [-0.05, 0) is 50.5 Å². The molecule has 2 heterocycles. The lowest BCUT2D eigenvalue weighted by molar-refractivity contribution is -0.414. The number of H-pyrrole nitrogens is 1. The maximum atomic E-state index is 11.5. The molecule has 0 saturated carbocycles. The summed E-state index contributed by atoms with van der Waals surface area (Å²) in [5, 5.41) is 10.5. The van der Waals surface area contributed by atoms with Crippen LogP contribution in [-0.4, -0.2) is 31.9 Å². The Morgan fingerprint density at radius 3 is 2.58 bits per heavy atom. The zero-order valence-electron chi connectivity index (χ0n) is 14.2. The van der Waals surface area contributed by atoms with Gasteiger partial charge in [0.15, 0.2) is 5.03 Å². The highest BCUT2D eigenvalue weighted by molar-refractivity contribution is 7.99. The van der Waals surface area contributed by atoms with Gasteiger partial charge < -0.3 is 4.74 Å². The molecular weight excluding hydrogens is 322 g/mol. The van der Waals surface area contributed by atoms with E-state index in [9.17, 15) is 10.1 Å². The Balaban J connectivity index is 2.00. The maximum Gasteiger partial charge on any atom is 0.316 e. The molecule has 1 fully saturated rings. The van der Waals surface area contributed by atoms with Crippen molar-refractivity contribution in [2.75, 3.05) is 30.9 Å². The van der Waals surface area contributed by atoms with Gasteiger partial charge in [0.25, 0.3) is 5.82 Å². The van der Waals surface area contributed by atoms with Gasteiger partial charge in [-0.3, -0.25) is 9.69 Å². The van der Waals surface area contributed by atoms with Crippen molar-refractivity contribution in [2.24, 2.45) is 0 Å². The molecule has 1 aromatic heterocycles. The highest BCUT2D eigenvalue weighted by Gasteiger charge is 2.30. The number of nitrogens with zero attached hydrogens (tertiary/aromatic N) is 2. The topological polar surface area (TPSA) is 67.5 Å². The van der Waals surface area contributed by atoms with Crippen LogP contribution in [0.2, 0.25) is 0 Å². The van der Waals surface area contributed by atoms with Crippen LogP contribution in [0.3, 0.4) is 0 Å². The molecule has 5 nitrogen and oxygen atoms in total. The number of piperidine rings is 1. The molecule has 0 atom stereocenters. The molecule has 1 N–H and O–H groups in total. The smallest absolute Gasteiger partial charge is 0.316 e. The maximum absolute atomic E-state index is 11.5. The number of fused-ring (bicyclic) bond motifs is 1. The van der Waals surface area contributed by atoms with Crippen LogP contribution in [0.25, 0.3) is 0 Å². The molecule has 6 heteroatoms. The van der Waals surface area contributed by atoms with E-state index < -0.39 is 0 Å². The van der Waals surface area contributed by atoms with E-state index in [2.05, 4.69) is 16.0 Å². The van der Waals surface area contributed by atoms with Gasteiger partial charge in [-0.25, -0.2) is 4.98 Å². The molecule has 0 radical (unpaired) electrons. The van der Waals surface area contributed by atoms with Gasteiger partial charge in [0, 0.05) is 5.56 Å². The van der Waals surface area contributed by atoms with Gasteiger partial charge in [-0.1, -0.05) is 11.8 Å². The number of carbonyl (C=O) groups excluding carboxylic acids is 1. The second-order valence-corrected chi connectivity index (χ2v) is 7.35. The molecule has 0 spiro atoms. The molecule has 128 valence electrons. The lowest BCUT2D eigenvalue weighted by Crippen LogP contribution is -2.37. The zero-order valence-corrected chi connectivity index (χ0v) is 15.0. The third-order valence-corrected chi connectivity index (χ3v) is 5.84. The molecule has 1 aromatic rings. The lowest BCUT2D eigenvalue weighted by Gasteiger charge is -2.26. The Kier molecular flexibility index (Phi) is 5.62. The molecule has 1 saturated heterocycles. The summed E-state index contributed by atoms with van der Waals surface area (Å²) in [5.74, 6) is 1.13. The number of aromatic nitrogens is 1. The average molecular weight is 346 g/mol. The molecular formula is C18H24N3O2S+. The van der Waals surface area contributed by atoms with Crippen LogP contribution >= 0.6 is 11.8 Å². The normalized spacial score (nSPS) is 17.1. The van der Waals surface area contributed by atoms with Crippen molar-refractivity contribution < 1.29 is 14.5 Å². The van der Waals surface area contributed by atoms with Gasteiger partial charge in [-0.2, -0.15) is 5.26 Å². The number of pyridine rings is 1. The highest BCUT2D eigenvalue weighted by atomic mass is 32.2. The van der Waals surface area contributed by atoms with Gasteiger partial charge in [0.05, 0.1) is 26.0 Å². The third-order valence-electron chi connectivity index (χ3n) is 4.86. The summed E-state index contributed by atoms with van der Waals surface area (Å²) in [7, 11) is 1.39. The summed E-state index contributed by atoms with van der Waals surface area (Å²) >= 11 is 1.38. The summed E-state index contributed by atoms with van der Waals surface area (Å²) in [6.45, 7) is 2.13. The van der Waals surface area contributed by atoms with E-state index in [4.69, 9.17) is 4.74 Å². The molecule has 0 amide bonds. The SMILES string of the molecule is COC(=O)CSc1[nH+]c(N2CCCCC2)c2c(c1C#N)CCCC2. The van der Waals surface area contributed by atoms with Crippen molar-refractivity contribution in [1.82, 2.24) is 0 Å². The summed E-state index contributed by atoms with van der Waals surface area (Å²) in [6, 6.07) is 2.37. The second-order valence-electron chi connectivity index (χ2n) is 6.37. The van der Waals surface area contributed by atoms with Crippen LogP contribution in [0.1, 0.15) is 48.8 Å². The number of rotatable bonds is 4. The minimum absolute atomic E-state index is 0.222. The number of nitrogens with one attached hydrogen (secondary N) is 1. The number of aromatic amines is 1. The number of esters is 1. The van der Waals surface area contributed by atoms with Crippen molar-refractivity contribution >= 4 is 23.5 Å². The molecule has 0 bridgehead atoms. The van der Waals surface area contributed by atoms with Gasteiger partial charge in [0.2, 0.25) is 0 Å². The number of hydrogen-bond donors (Lipinski definition) is 0. The number of hydrogen-bond acceptors (Lipinski definition) is 5. The summed E-state index contributed by atoms with van der Waals surface area (Å²) in [5.41, 5.74) is 3.23. The lowest BCUT2D eigenvalue weighted by atomic mass is 9.89. The molecule has 1 aliphatic carbocycles. The van der Waals surface area contributed by atoms with Gasteiger partial charge in [-0.15, -0.1) is 0 Å². The summed E-state index contributed by atoms with van der Waals surface area (Å²) in [4.78, 5) is 17.4. The number of ether oxygens (including phenoxy) is 1. The number of nitriles is 1. The fourth-order valence-corrected chi connectivity index (χ4v) is 4.49. The molecule has 0 aromatic carbocycles. The van der Waals surface area contributed by atoms with Gasteiger partial charge >= 0.3 is 5.97 Å². The molecule has 3 rings (SSSR count). The number of thioether (sulfide) groups is 1. The monoisotopic (exact) mass is 346 g/mol. The van der Waals surface area contributed by atoms with E-state index in [1.807, 2.05) is 0 Å². The molecule has 2 aliphatic rings. The van der Waals surface area contributed by atoms with Crippen molar-refractivity contribution in [3.63, 3.8) is 0 Å². The van der Waals surface area contributed by atoms with Crippen LogP contribution in [-0.2, 0) is 22.4 Å². The van der Waals surface area contributed by atoms with Gasteiger partial charge in [0.1, 0.15) is 11.6 Å². The first-order valence-corrected chi connectivity index (χ1v) is 9.69. The Bertz CT molecular complexity index is 663. The largest absolute Gasteiger partial charge is 0.468 e. The predicted octanol–water partition coefficient (Wildman–Crippen LogP) is 2.51. The van der Waals surface area contributed by atoms with Crippen LogP contribution in [0.15, 0.2) is 5.03 Å². The standard InChI is InChI=1S/C18H23N3O2S/c1-23-16(22)12-24-18-15(11-19)13-7-3-4-8-14(13)17(20-18)21-9-5-2-6-10-21/h2-10,12H2,1H3/p+1. The average Bonchev–Trinajstić information content (AvgIpc) is 2.65. The minimum Gasteiger partial charge on any atom is -0.468 e. The predicted molar refractivity (Wildman–Crippen MR) is 93.2 cm³/mol. The first-order valence-electron chi connectivity index (χ1n) is 8.70. The fourth-order valence-electron chi connectivity index (χ4n) is 3.63. The fraction of sp³-hybridized carbons (Fsp3) is 0.611. The Hall–Kier alpha value is -1.74. The van der Waals surface area contributed by atoms with Crippen LogP contribution < -0.4 is 9.88 Å². The molecule has 24 heavy (non-hydrogen) atoms. The first kappa shape index (κ1) is 17.1. The first-order chi connectivity index (χ1) is 11.7. The molecule has 0 unspecified atom stereocenters. The Labute approximate surface area is 147 Å². The van der Waals surface area contributed by atoms with Crippen molar-refractivity contribution in [2.45, 2.75) is 50.0 Å². The van der Waals surface area contributed by atoms with Crippen LogP contribution in [0.5, 0.6) is 0 Å². The zero-order chi connectivity index (χ0) is 16.9. The van der Waals surface area contributed by atoms with Crippen LogP contribution in [0.4, 0.5) is 5.82 Å². The second kappa shape index (κ2) is 7.89. The minimum atomic E-state index is -0.269. The van der Waals surface area contributed by atoms with E-state index in [-0.39, 0.29) is 11.7 Å². The Morgan fingerprint density at radius 2 is 1.92 bits per heavy atom. The number of carbonyl (C=O) groups is 1. The van der Waals surface area contributed by atoms with E-state index in [0.717, 1.165) is 42.9 Å². The number of anilines is 1. The summed E-state index contributed by atoms with van der Waals surface area (Å²) in [6.07, 6.45) is 8.03. The quantitative estimate of drug-likeness (QED) is 0.619. The van der Waals surface area contributed by atoms with E-state index in [1.165, 1.54) is 61.5 Å². The third kappa shape index (κ3) is 3.51. The Morgan fingerprint density at radius 1 is 1.21 bits per heavy atom. The van der Waals surface area contributed by atoms with Crippen molar-refractivity contribution in [3.8, 4) is 6.07 Å². The van der Waals surface area contributed by atoms with E-state index in [0.29, 0.717) is 0 Å². The van der Waals surface area contributed by atoms with Crippen LogP contribution in [0, 0.1) is 11.3 Å².